The molecule has 21 heavy (non-hydrogen) atoms. The molecule has 5 heteroatoms. The van der Waals surface area contributed by atoms with Crippen LogP contribution in [0.5, 0.6) is 5.75 Å². The van der Waals surface area contributed by atoms with E-state index in [2.05, 4.69) is 27.9 Å². The van der Waals surface area contributed by atoms with Crippen LogP contribution in [0.15, 0.2) is 42.5 Å². The largest absolute Gasteiger partial charge is 0.507 e. The third kappa shape index (κ3) is 4.18. The van der Waals surface area contributed by atoms with Gasteiger partial charge in [0.1, 0.15) is 5.75 Å². The van der Waals surface area contributed by atoms with Crippen LogP contribution in [0.2, 0.25) is 0 Å². The van der Waals surface area contributed by atoms with Crippen molar-refractivity contribution >= 4 is 34.2 Å². The first-order chi connectivity index (χ1) is 10.1. The summed E-state index contributed by atoms with van der Waals surface area (Å²) in [5.41, 5.74) is 2.00. The molecule has 0 aliphatic carbocycles. The molecule has 1 amide bonds. The Labute approximate surface area is 137 Å². The molecule has 0 unspecified atom stereocenters. The normalized spacial score (nSPS) is 10.4. The van der Waals surface area contributed by atoms with E-state index in [4.69, 9.17) is 4.74 Å². The molecule has 0 aliphatic rings. The molecule has 110 valence electrons. The average Bonchev–Trinajstić information content (AvgIpc) is 2.48. The van der Waals surface area contributed by atoms with E-state index in [9.17, 15) is 9.90 Å². The fourth-order valence-electron chi connectivity index (χ4n) is 1.95. The Morgan fingerprint density at radius 3 is 2.81 bits per heavy atom. The lowest BCUT2D eigenvalue weighted by atomic mass is 10.1. The molecule has 2 N–H and O–H groups in total. The number of rotatable bonds is 5. The minimum absolute atomic E-state index is 0.0257. The number of hydrogen-bond donors (Lipinski definition) is 2. The van der Waals surface area contributed by atoms with Gasteiger partial charge >= 0.3 is 0 Å². The Morgan fingerprint density at radius 2 is 2.05 bits per heavy atom. The summed E-state index contributed by atoms with van der Waals surface area (Å²) in [6, 6.07) is 12.5. The van der Waals surface area contributed by atoms with Crippen LogP contribution >= 0.6 is 22.6 Å². The topological polar surface area (TPSA) is 58.6 Å². The lowest BCUT2D eigenvalue weighted by Gasteiger charge is -2.11. The average molecular weight is 397 g/mol. The third-order valence-electron chi connectivity index (χ3n) is 3.04. The molecule has 0 spiro atoms. The number of para-hydroxylation sites is 1. The van der Waals surface area contributed by atoms with E-state index in [0.717, 1.165) is 14.8 Å². The van der Waals surface area contributed by atoms with Crippen LogP contribution in [0.3, 0.4) is 0 Å². The second-order valence-electron chi connectivity index (χ2n) is 4.52. The van der Waals surface area contributed by atoms with Crippen molar-refractivity contribution in [3.63, 3.8) is 0 Å². The van der Waals surface area contributed by atoms with E-state index >= 15 is 0 Å². The molecule has 0 saturated heterocycles. The number of aromatic hydroxyl groups is 1. The highest BCUT2D eigenvalue weighted by atomic mass is 127. The summed E-state index contributed by atoms with van der Waals surface area (Å²) >= 11 is 2.10. The number of methoxy groups -OCH3 is 1. The number of benzene rings is 2. The highest BCUT2D eigenvalue weighted by Crippen LogP contribution is 2.22. The zero-order valence-electron chi connectivity index (χ0n) is 11.6. The van der Waals surface area contributed by atoms with E-state index < -0.39 is 0 Å². The molecule has 0 aromatic heterocycles. The van der Waals surface area contributed by atoms with Crippen molar-refractivity contribution in [1.29, 1.82) is 0 Å². The third-order valence-corrected chi connectivity index (χ3v) is 3.72. The molecule has 0 fully saturated rings. The molecular formula is C16H16INO3. The van der Waals surface area contributed by atoms with Gasteiger partial charge in [-0.15, -0.1) is 0 Å². The maximum Gasteiger partial charge on any atom is 0.259 e. The van der Waals surface area contributed by atoms with Crippen LogP contribution in [0, 0.1) is 3.57 Å². The van der Waals surface area contributed by atoms with Crippen LogP contribution in [0.4, 0.5) is 5.69 Å². The Morgan fingerprint density at radius 1 is 1.29 bits per heavy atom. The fourth-order valence-corrected chi connectivity index (χ4v) is 2.44. The summed E-state index contributed by atoms with van der Waals surface area (Å²) < 4.78 is 5.96. The number of phenols is 1. The van der Waals surface area contributed by atoms with Gasteiger partial charge in [0.05, 0.1) is 12.2 Å². The molecule has 0 bridgehead atoms. The number of ether oxygens (including phenoxy) is 1. The van der Waals surface area contributed by atoms with Crippen LogP contribution in [-0.4, -0.2) is 24.7 Å². The summed E-state index contributed by atoms with van der Waals surface area (Å²) in [5.74, 6) is -0.349. The van der Waals surface area contributed by atoms with E-state index in [1.165, 1.54) is 6.07 Å². The standard InChI is InChI=1S/C16H16INO3/c1-21-9-8-11-4-2-3-5-14(11)18-16(20)13-10-12(17)6-7-15(13)19/h2-7,10,19H,8-9H2,1H3,(H,18,20). The first-order valence-corrected chi connectivity index (χ1v) is 7.56. The lowest BCUT2D eigenvalue weighted by molar-refractivity contribution is 0.102. The molecule has 0 saturated carbocycles. The molecule has 2 aromatic carbocycles. The number of hydrogen-bond acceptors (Lipinski definition) is 3. The number of amides is 1. The van der Waals surface area contributed by atoms with E-state index in [1.807, 2.05) is 24.3 Å². The zero-order chi connectivity index (χ0) is 15.2. The minimum Gasteiger partial charge on any atom is -0.507 e. The summed E-state index contributed by atoms with van der Waals surface area (Å²) in [4.78, 5) is 12.3. The van der Waals surface area contributed by atoms with Gasteiger partial charge in [-0.1, -0.05) is 18.2 Å². The number of phenolic OH excluding ortho intramolecular Hbond substituents is 1. The highest BCUT2D eigenvalue weighted by Gasteiger charge is 2.13. The van der Waals surface area contributed by atoms with Crippen molar-refractivity contribution < 1.29 is 14.6 Å². The van der Waals surface area contributed by atoms with E-state index in [1.54, 1.807) is 19.2 Å². The number of carbonyl (C=O) groups excluding carboxylic acids is 1. The Hall–Kier alpha value is -1.60. The zero-order valence-corrected chi connectivity index (χ0v) is 13.8. The van der Waals surface area contributed by atoms with Crippen LogP contribution in [-0.2, 0) is 11.2 Å². The lowest BCUT2D eigenvalue weighted by Crippen LogP contribution is -2.14. The molecule has 2 rings (SSSR count). The van der Waals surface area contributed by atoms with Crippen LogP contribution in [0.25, 0.3) is 0 Å². The molecule has 0 aliphatic heterocycles. The smallest absolute Gasteiger partial charge is 0.259 e. The van der Waals surface area contributed by atoms with Crippen molar-refractivity contribution in [1.82, 2.24) is 0 Å². The number of carbonyl (C=O) groups is 1. The van der Waals surface area contributed by atoms with Gasteiger partial charge in [-0.2, -0.15) is 0 Å². The SMILES string of the molecule is COCCc1ccccc1NC(=O)c1cc(I)ccc1O. The van der Waals surface area contributed by atoms with Crippen molar-refractivity contribution in [3.8, 4) is 5.75 Å². The molecule has 0 heterocycles. The van der Waals surface area contributed by atoms with Crippen LogP contribution in [0.1, 0.15) is 15.9 Å². The van der Waals surface area contributed by atoms with E-state index in [0.29, 0.717) is 13.0 Å². The minimum atomic E-state index is -0.323. The summed E-state index contributed by atoms with van der Waals surface area (Å²) in [6.45, 7) is 0.585. The van der Waals surface area contributed by atoms with Crippen molar-refractivity contribution in [2.45, 2.75) is 6.42 Å². The Bertz CT molecular complexity index is 643. The van der Waals surface area contributed by atoms with Gasteiger partial charge in [0.2, 0.25) is 0 Å². The van der Waals surface area contributed by atoms with Crippen molar-refractivity contribution in [2.24, 2.45) is 0 Å². The first kappa shape index (κ1) is 15.8. The number of nitrogens with one attached hydrogen (secondary N) is 1. The van der Waals surface area contributed by atoms with Crippen molar-refractivity contribution in [3.05, 3.63) is 57.2 Å². The monoisotopic (exact) mass is 397 g/mol. The predicted molar refractivity (Wildman–Crippen MR) is 90.8 cm³/mol. The first-order valence-electron chi connectivity index (χ1n) is 6.48. The summed E-state index contributed by atoms with van der Waals surface area (Å²) in [7, 11) is 1.64. The van der Waals surface area contributed by atoms with Gasteiger partial charge in [-0.25, -0.2) is 0 Å². The quantitative estimate of drug-likeness (QED) is 0.761. The molecule has 0 atom stereocenters. The Kier molecular flexibility index (Phi) is 5.58. The van der Waals surface area contributed by atoms with Gasteiger partial charge in [0.15, 0.2) is 0 Å². The molecular weight excluding hydrogens is 381 g/mol. The van der Waals surface area contributed by atoms with Gasteiger partial charge in [0, 0.05) is 16.4 Å². The molecule has 2 aromatic rings. The Balaban J connectivity index is 2.21. The summed E-state index contributed by atoms with van der Waals surface area (Å²) in [6.07, 6.45) is 0.714. The fraction of sp³-hybridized carbons (Fsp3) is 0.188. The van der Waals surface area contributed by atoms with E-state index in [-0.39, 0.29) is 17.2 Å². The summed E-state index contributed by atoms with van der Waals surface area (Å²) in [5, 5.41) is 12.7. The van der Waals surface area contributed by atoms with Crippen LogP contribution < -0.4 is 5.32 Å². The van der Waals surface area contributed by atoms with Gasteiger partial charge in [-0.3, -0.25) is 4.79 Å². The second kappa shape index (κ2) is 7.42. The maximum atomic E-state index is 12.3. The van der Waals surface area contributed by atoms with Gasteiger partial charge < -0.3 is 15.2 Å². The number of anilines is 1. The highest BCUT2D eigenvalue weighted by molar-refractivity contribution is 14.1. The van der Waals surface area contributed by atoms with Gasteiger partial charge in [0.25, 0.3) is 5.91 Å². The predicted octanol–water partition coefficient (Wildman–Crippen LogP) is 3.44. The van der Waals surface area contributed by atoms with Gasteiger partial charge in [-0.05, 0) is 58.8 Å². The maximum absolute atomic E-state index is 12.3. The van der Waals surface area contributed by atoms with Crippen molar-refractivity contribution in [2.75, 3.05) is 19.0 Å². The molecule has 0 radical (unpaired) electrons. The molecule has 4 nitrogen and oxygen atoms in total. The second-order valence-corrected chi connectivity index (χ2v) is 5.76. The number of halogens is 1.